The smallest absolute Gasteiger partial charge is 0.280 e. The predicted octanol–water partition coefficient (Wildman–Crippen LogP) is 3.52. The van der Waals surface area contributed by atoms with E-state index in [0.717, 1.165) is 6.42 Å². The summed E-state index contributed by atoms with van der Waals surface area (Å²) < 4.78 is 11.5. The molecule has 0 unspecified atom stereocenters. The van der Waals surface area contributed by atoms with Crippen molar-refractivity contribution >= 4 is 26.5 Å². The van der Waals surface area contributed by atoms with Crippen molar-refractivity contribution in [3.63, 3.8) is 0 Å². The van der Waals surface area contributed by atoms with Gasteiger partial charge in [-0.3, -0.25) is 4.79 Å². The van der Waals surface area contributed by atoms with E-state index in [1.165, 1.54) is 0 Å². The molecule has 0 radical (unpaired) electrons. The molecule has 0 aromatic heterocycles. The number of halogens is 1. The molecule has 5 heteroatoms. The van der Waals surface area contributed by atoms with Crippen LogP contribution in [0.2, 0.25) is 0 Å². The number of amides is 1. The van der Waals surface area contributed by atoms with Crippen LogP contribution in [0.25, 0.3) is 0 Å². The first-order valence-corrected chi connectivity index (χ1v) is 7.37. The molecule has 0 rings (SSSR count). The quantitative estimate of drug-likeness (QED) is 0.404. The van der Waals surface area contributed by atoms with Crippen molar-refractivity contribution in [3.8, 4) is 0 Å². The minimum Gasteiger partial charge on any atom is -0.374 e. The van der Waals surface area contributed by atoms with Crippen molar-refractivity contribution in [1.29, 1.82) is 0 Å². The number of hydrogen-bond donors (Lipinski definition) is 1. The van der Waals surface area contributed by atoms with Gasteiger partial charge in [0.25, 0.3) is 3.91 Å². The van der Waals surface area contributed by atoms with E-state index >= 15 is 0 Å². The Labute approximate surface area is 124 Å². The van der Waals surface area contributed by atoms with Gasteiger partial charge in [-0.25, -0.2) is 0 Å². The molecule has 4 nitrogen and oxygen atoms in total. The lowest BCUT2D eigenvalue weighted by molar-refractivity contribution is -0.0905. The number of ether oxygens (including phenoxy) is 2. The summed E-state index contributed by atoms with van der Waals surface area (Å²) >= 11 is 1.72. The molecule has 0 aromatic carbocycles. The van der Waals surface area contributed by atoms with Crippen LogP contribution in [-0.2, 0) is 9.47 Å². The summed E-state index contributed by atoms with van der Waals surface area (Å²) in [6.07, 6.45) is 1.04. The highest BCUT2D eigenvalue weighted by Crippen LogP contribution is 2.18. The maximum absolute atomic E-state index is 10.8. The maximum Gasteiger partial charge on any atom is 0.280 e. The zero-order valence-corrected chi connectivity index (χ0v) is 14.5. The summed E-state index contributed by atoms with van der Waals surface area (Å²) in [5.74, 6) is 0. The largest absolute Gasteiger partial charge is 0.374 e. The average molecular weight is 371 g/mol. The van der Waals surface area contributed by atoms with Crippen molar-refractivity contribution in [3.05, 3.63) is 0 Å². The number of hydrogen-bond acceptors (Lipinski definition) is 3. The Morgan fingerprint density at radius 2 is 1.78 bits per heavy atom. The van der Waals surface area contributed by atoms with Gasteiger partial charge in [0.2, 0.25) is 0 Å². The van der Waals surface area contributed by atoms with Gasteiger partial charge in [-0.05, 0) is 48.0 Å². The summed E-state index contributed by atoms with van der Waals surface area (Å²) in [4.78, 5) is 10.8. The number of carbonyl (C=O) groups excluding carboxylic acids is 1. The van der Waals surface area contributed by atoms with E-state index in [1.807, 2.05) is 27.7 Å². The van der Waals surface area contributed by atoms with Crippen molar-refractivity contribution in [2.75, 3.05) is 13.2 Å². The minimum atomic E-state index is -0.352. The summed E-state index contributed by atoms with van der Waals surface area (Å²) in [5.41, 5.74) is -0.536. The molecule has 0 saturated heterocycles. The Bertz CT molecular complexity index is 265. The number of nitrogens with one attached hydrogen (secondary N) is 1. The van der Waals surface area contributed by atoms with Gasteiger partial charge in [0.05, 0.1) is 23.9 Å². The highest BCUT2D eigenvalue weighted by atomic mass is 127. The Kier molecular flexibility index (Phi) is 7.70. The fraction of sp³-hybridized carbons (Fsp3) is 0.923. The molecule has 0 aliphatic carbocycles. The first-order chi connectivity index (χ1) is 8.04. The highest BCUT2D eigenvalue weighted by molar-refractivity contribution is 14.1. The van der Waals surface area contributed by atoms with E-state index in [4.69, 9.17) is 9.47 Å². The number of carbonyl (C=O) groups is 1. The van der Waals surface area contributed by atoms with Crippen LogP contribution in [0.1, 0.15) is 48.0 Å². The van der Waals surface area contributed by atoms with Crippen LogP contribution < -0.4 is 5.32 Å². The first-order valence-electron chi connectivity index (χ1n) is 6.29. The van der Waals surface area contributed by atoms with E-state index in [1.54, 1.807) is 22.6 Å². The number of rotatable bonds is 8. The fourth-order valence-electron chi connectivity index (χ4n) is 1.60. The van der Waals surface area contributed by atoms with Crippen LogP contribution in [-0.4, -0.2) is 34.4 Å². The standard InChI is InChI=1S/C13H26INO3/c1-10(2)18-12(3,4)7-8-17-13(5,6)9-15-11(14)16/h10H,7-9H2,1-6H3,(H,15,16). The summed E-state index contributed by atoms with van der Waals surface area (Å²) in [6.45, 7) is 13.3. The van der Waals surface area contributed by atoms with Crippen LogP contribution in [0.4, 0.5) is 4.79 Å². The van der Waals surface area contributed by atoms with Crippen LogP contribution in [0.5, 0.6) is 0 Å². The molecule has 0 heterocycles. The van der Waals surface area contributed by atoms with Crippen molar-refractivity contribution in [2.45, 2.75) is 65.3 Å². The molecule has 0 aliphatic rings. The topological polar surface area (TPSA) is 47.6 Å². The Balaban J connectivity index is 3.97. The molecule has 0 saturated carbocycles. The lowest BCUT2D eigenvalue weighted by atomic mass is 10.0. The van der Waals surface area contributed by atoms with Crippen LogP contribution >= 0.6 is 22.6 Å². The summed E-state index contributed by atoms with van der Waals surface area (Å²) in [7, 11) is 0. The molecular weight excluding hydrogens is 345 g/mol. The summed E-state index contributed by atoms with van der Waals surface area (Å²) in [6, 6.07) is 0. The van der Waals surface area contributed by atoms with E-state index in [9.17, 15) is 4.79 Å². The SMILES string of the molecule is CC(C)OC(C)(C)CCOC(C)(C)CNC(=O)I. The molecule has 0 fully saturated rings. The van der Waals surface area contributed by atoms with Gasteiger partial charge in [-0.2, -0.15) is 0 Å². The zero-order valence-electron chi connectivity index (χ0n) is 12.3. The van der Waals surface area contributed by atoms with Gasteiger partial charge in [0.1, 0.15) is 0 Å². The molecule has 0 aliphatic heterocycles. The van der Waals surface area contributed by atoms with Gasteiger partial charge in [0.15, 0.2) is 0 Å². The van der Waals surface area contributed by atoms with Crippen molar-refractivity contribution in [2.24, 2.45) is 0 Å². The van der Waals surface area contributed by atoms with Crippen LogP contribution in [0.3, 0.4) is 0 Å². The second-order valence-electron chi connectivity index (χ2n) is 5.91. The van der Waals surface area contributed by atoms with E-state index < -0.39 is 0 Å². The molecule has 18 heavy (non-hydrogen) atoms. The van der Waals surface area contributed by atoms with E-state index in [0.29, 0.717) is 13.2 Å². The van der Waals surface area contributed by atoms with Gasteiger partial charge in [0, 0.05) is 29.1 Å². The van der Waals surface area contributed by atoms with Crippen molar-refractivity contribution < 1.29 is 14.3 Å². The minimum absolute atomic E-state index is 0.0623. The monoisotopic (exact) mass is 371 g/mol. The third kappa shape index (κ3) is 10.1. The summed E-state index contributed by atoms with van der Waals surface area (Å²) in [5, 5.41) is 2.76. The molecule has 1 N–H and O–H groups in total. The molecule has 108 valence electrons. The average Bonchev–Trinajstić information content (AvgIpc) is 2.12. The van der Waals surface area contributed by atoms with Gasteiger partial charge >= 0.3 is 0 Å². The third-order valence-corrected chi connectivity index (χ3v) is 2.79. The molecule has 0 spiro atoms. The molecule has 0 atom stereocenters. The second-order valence-corrected chi connectivity index (χ2v) is 6.89. The Morgan fingerprint density at radius 3 is 2.22 bits per heavy atom. The Morgan fingerprint density at radius 1 is 1.22 bits per heavy atom. The molecule has 1 amide bonds. The molecule has 0 aromatic rings. The van der Waals surface area contributed by atoms with E-state index in [2.05, 4.69) is 19.2 Å². The lowest BCUT2D eigenvalue weighted by Gasteiger charge is -2.31. The van der Waals surface area contributed by atoms with Crippen LogP contribution in [0, 0.1) is 0 Å². The second kappa shape index (κ2) is 7.65. The zero-order chi connectivity index (χ0) is 14.4. The Hall–Kier alpha value is 0.120. The highest BCUT2D eigenvalue weighted by Gasteiger charge is 2.23. The lowest BCUT2D eigenvalue weighted by Crippen LogP contribution is -2.40. The fourth-order valence-corrected chi connectivity index (χ4v) is 1.79. The van der Waals surface area contributed by atoms with Crippen LogP contribution in [0.15, 0.2) is 0 Å². The van der Waals surface area contributed by atoms with Gasteiger partial charge in [-0.1, -0.05) is 0 Å². The normalized spacial score (nSPS) is 12.9. The third-order valence-electron chi connectivity index (χ3n) is 2.40. The van der Waals surface area contributed by atoms with Gasteiger partial charge in [-0.15, -0.1) is 0 Å². The predicted molar refractivity (Wildman–Crippen MR) is 82.4 cm³/mol. The molecular formula is C13H26INO3. The van der Waals surface area contributed by atoms with Crippen molar-refractivity contribution in [1.82, 2.24) is 5.32 Å². The van der Waals surface area contributed by atoms with Gasteiger partial charge < -0.3 is 14.8 Å². The first kappa shape index (κ1) is 18.1. The maximum atomic E-state index is 10.8. The molecule has 0 bridgehead atoms. The van der Waals surface area contributed by atoms with E-state index in [-0.39, 0.29) is 21.2 Å².